The first-order valence-electron chi connectivity index (χ1n) is 5.60. The van der Waals surface area contributed by atoms with Gasteiger partial charge in [-0.1, -0.05) is 26.0 Å². The molecule has 1 aromatic rings. The fourth-order valence-corrected chi connectivity index (χ4v) is 2.16. The van der Waals surface area contributed by atoms with E-state index in [9.17, 15) is 10.1 Å². The lowest BCUT2D eigenvalue weighted by Crippen LogP contribution is -2.34. The normalized spacial score (nSPS) is 18.5. The minimum Gasteiger partial charge on any atom is -0.343 e. The van der Waals surface area contributed by atoms with Crippen LogP contribution in [0.1, 0.15) is 19.4 Å². The van der Waals surface area contributed by atoms with Gasteiger partial charge in [0, 0.05) is 12.0 Å². The molecule has 1 fully saturated rings. The zero-order valence-electron chi connectivity index (χ0n) is 9.88. The van der Waals surface area contributed by atoms with Crippen LogP contribution >= 0.6 is 0 Å². The van der Waals surface area contributed by atoms with Gasteiger partial charge in [-0.3, -0.25) is 10.1 Å². The fourth-order valence-electron chi connectivity index (χ4n) is 2.16. The van der Waals surface area contributed by atoms with Crippen LogP contribution in [0.5, 0.6) is 0 Å². The van der Waals surface area contributed by atoms with Gasteiger partial charge in [0.05, 0.1) is 23.7 Å². The molecule has 0 aliphatic carbocycles. The highest BCUT2D eigenvalue weighted by molar-refractivity contribution is 5.43. The van der Waals surface area contributed by atoms with E-state index in [0.717, 1.165) is 0 Å². The molecule has 1 aliphatic heterocycles. The van der Waals surface area contributed by atoms with Crippen molar-refractivity contribution in [2.75, 3.05) is 13.2 Å². The van der Waals surface area contributed by atoms with E-state index in [0.29, 0.717) is 18.8 Å². The van der Waals surface area contributed by atoms with Gasteiger partial charge in [0.25, 0.3) is 5.69 Å². The lowest BCUT2D eigenvalue weighted by molar-refractivity contribution is -0.388. The molecule has 5 heteroatoms. The standard InChI is InChI=1S/C12H15NO4/c1-9(2)12(16-7-8-17-12)10-5-3-4-6-11(10)13(14)15/h3-6,9H,7-8H2,1-2H3. The third-order valence-electron chi connectivity index (χ3n) is 2.95. The second-order valence-electron chi connectivity index (χ2n) is 4.29. The smallest absolute Gasteiger partial charge is 0.278 e. The highest BCUT2D eigenvalue weighted by Gasteiger charge is 2.45. The summed E-state index contributed by atoms with van der Waals surface area (Å²) in [5, 5.41) is 11.0. The summed E-state index contributed by atoms with van der Waals surface area (Å²) in [5.41, 5.74) is 0.542. The van der Waals surface area contributed by atoms with Crippen LogP contribution in [0.25, 0.3) is 0 Å². The third kappa shape index (κ3) is 1.92. The number of hydrogen-bond acceptors (Lipinski definition) is 4. The van der Waals surface area contributed by atoms with E-state index >= 15 is 0 Å². The van der Waals surface area contributed by atoms with E-state index in [4.69, 9.17) is 9.47 Å². The maximum atomic E-state index is 11.0. The average Bonchev–Trinajstić information content (AvgIpc) is 2.79. The van der Waals surface area contributed by atoms with Crippen molar-refractivity contribution in [2.45, 2.75) is 19.6 Å². The van der Waals surface area contributed by atoms with Gasteiger partial charge in [0.1, 0.15) is 0 Å². The van der Waals surface area contributed by atoms with Crippen LogP contribution in [0.3, 0.4) is 0 Å². The predicted molar refractivity (Wildman–Crippen MR) is 61.5 cm³/mol. The molecule has 0 atom stereocenters. The number of nitro groups is 1. The molecule has 0 unspecified atom stereocenters. The first-order valence-corrected chi connectivity index (χ1v) is 5.60. The Balaban J connectivity index is 2.54. The van der Waals surface area contributed by atoms with Crippen LogP contribution in [0, 0.1) is 16.0 Å². The van der Waals surface area contributed by atoms with E-state index < -0.39 is 10.7 Å². The van der Waals surface area contributed by atoms with Gasteiger partial charge in [0.15, 0.2) is 0 Å². The molecule has 1 aliphatic rings. The van der Waals surface area contributed by atoms with Crippen LogP contribution < -0.4 is 0 Å². The molecule has 0 bridgehead atoms. The van der Waals surface area contributed by atoms with Gasteiger partial charge in [-0.25, -0.2) is 0 Å². The maximum Gasteiger partial charge on any atom is 0.278 e. The molecule has 0 radical (unpaired) electrons. The quantitative estimate of drug-likeness (QED) is 0.598. The van der Waals surface area contributed by atoms with Gasteiger partial charge in [-0.15, -0.1) is 0 Å². The molecule has 0 saturated carbocycles. The summed E-state index contributed by atoms with van der Waals surface area (Å²) in [7, 11) is 0. The van der Waals surface area contributed by atoms with Crippen LogP contribution in [-0.2, 0) is 15.3 Å². The molecular weight excluding hydrogens is 222 g/mol. The van der Waals surface area contributed by atoms with Gasteiger partial charge < -0.3 is 9.47 Å². The molecule has 0 spiro atoms. The topological polar surface area (TPSA) is 61.6 Å². The molecule has 2 rings (SSSR count). The summed E-state index contributed by atoms with van der Waals surface area (Å²) in [5.74, 6) is -0.977. The first-order chi connectivity index (χ1) is 8.08. The van der Waals surface area contributed by atoms with Crippen molar-refractivity contribution in [1.29, 1.82) is 0 Å². The Hall–Kier alpha value is -1.46. The van der Waals surface area contributed by atoms with Crippen molar-refractivity contribution < 1.29 is 14.4 Å². The number of rotatable bonds is 3. The van der Waals surface area contributed by atoms with E-state index in [2.05, 4.69) is 0 Å². The lowest BCUT2D eigenvalue weighted by atomic mass is 9.93. The van der Waals surface area contributed by atoms with Gasteiger partial charge in [-0.05, 0) is 6.07 Å². The molecule has 17 heavy (non-hydrogen) atoms. The summed E-state index contributed by atoms with van der Waals surface area (Å²) >= 11 is 0. The fraction of sp³-hybridized carbons (Fsp3) is 0.500. The molecular formula is C12H15NO4. The Morgan fingerprint density at radius 1 is 1.29 bits per heavy atom. The second-order valence-corrected chi connectivity index (χ2v) is 4.29. The third-order valence-corrected chi connectivity index (χ3v) is 2.95. The number of hydrogen-bond donors (Lipinski definition) is 0. The van der Waals surface area contributed by atoms with E-state index in [1.165, 1.54) is 6.07 Å². The zero-order chi connectivity index (χ0) is 12.5. The van der Waals surface area contributed by atoms with Crippen LogP contribution in [0.2, 0.25) is 0 Å². The number of benzene rings is 1. The second kappa shape index (κ2) is 4.43. The van der Waals surface area contributed by atoms with Crippen molar-refractivity contribution in [2.24, 2.45) is 5.92 Å². The Kier molecular flexibility index (Phi) is 3.13. The Morgan fingerprint density at radius 3 is 2.41 bits per heavy atom. The monoisotopic (exact) mass is 237 g/mol. The predicted octanol–water partition coefficient (Wildman–Crippen LogP) is 2.45. The zero-order valence-corrected chi connectivity index (χ0v) is 9.88. The molecule has 5 nitrogen and oxygen atoms in total. The van der Waals surface area contributed by atoms with Gasteiger partial charge >= 0.3 is 0 Å². The molecule has 0 N–H and O–H groups in total. The largest absolute Gasteiger partial charge is 0.343 e. The highest BCUT2D eigenvalue weighted by atomic mass is 16.7. The molecule has 92 valence electrons. The first kappa shape index (κ1) is 12.0. The van der Waals surface area contributed by atoms with Crippen LogP contribution in [0.15, 0.2) is 24.3 Å². The number of ether oxygens (including phenoxy) is 2. The highest BCUT2D eigenvalue weighted by Crippen LogP contribution is 2.42. The summed E-state index contributed by atoms with van der Waals surface area (Å²) in [4.78, 5) is 10.6. The minimum atomic E-state index is -0.982. The number of nitro benzene ring substituents is 1. The van der Waals surface area contributed by atoms with Crippen molar-refractivity contribution in [1.82, 2.24) is 0 Å². The number of para-hydroxylation sites is 1. The van der Waals surface area contributed by atoms with Crippen molar-refractivity contribution in [3.05, 3.63) is 39.9 Å². The van der Waals surface area contributed by atoms with Gasteiger partial charge in [-0.2, -0.15) is 0 Å². The Morgan fingerprint density at radius 2 is 1.88 bits per heavy atom. The summed E-state index contributed by atoms with van der Waals surface area (Å²) in [6.45, 7) is 4.79. The van der Waals surface area contributed by atoms with Crippen molar-refractivity contribution in [3.63, 3.8) is 0 Å². The summed E-state index contributed by atoms with van der Waals surface area (Å²) in [6.07, 6.45) is 0. The van der Waals surface area contributed by atoms with Crippen LogP contribution in [-0.4, -0.2) is 18.1 Å². The molecule has 0 amide bonds. The Labute approximate surface area is 99.5 Å². The molecule has 1 aromatic carbocycles. The average molecular weight is 237 g/mol. The van der Waals surface area contributed by atoms with Crippen molar-refractivity contribution >= 4 is 5.69 Å². The SMILES string of the molecule is CC(C)C1(c2ccccc2[N+](=O)[O-])OCCO1. The Bertz CT molecular complexity index is 424. The molecule has 1 heterocycles. The lowest BCUT2D eigenvalue weighted by Gasteiger charge is -2.31. The molecule has 1 saturated heterocycles. The molecule has 0 aromatic heterocycles. The minimum absolute atomic E-state index is 0.00565. The van der Waals surface area contributed by atoms with E-state index in [1.54, 1.807) is 18.2 Å². The summed E-state index contributed by atoms with van der Waals surface area (Å²) in [6, 6.07) is 6.58. The van der Waals surface area contributed by atoms with Crippen molar-refractivity contribution in [3.8, 4) is 0 Å². The van der Waals surface area contributed by atoms with E-state index in [-0.39, 0.29) is 11.6 Å². The maximum absolute atomic E-state index is 11.0. The van der Waals surface area contributed by atoms with Crippen LogP contribution in [0.4, 0.5) is 5.69 Å². The van der Waals surface area contributed by atoms with E-state index in [1.807, 2.05) is 13.8 Å². The van der Waals surface area contributed by atoms with Gasteiger partial charge in [0.2, 0.25) is 5.79 Å². The summed E-state index contributed by atoms with van der Waals surface area (Å²) < 4.78 is 11.3. The number of nitrogens with zero attached hydrogens (tertiary/aromatic N) is 1.